The Bertz CT molecular complexity index is 568. The van der Waals surface area contributed by atoms with E-state index in [-0.39, 0.29) is 24.6 Å². The van der Waals surface area contributed by atoms with Gasteiger partial charge in [-0.3, -0.25) is 0 Å². The summed E-state index contributed by atoms with van der Waals surface area (Å²) in [6.45, 7) is 2.67. The summed E-state index contributed by atoms with van der Waals surface area (Å²) in [4.78, 5) is 0. The van der Waals surface area contributed by atoms with E-state index in [4.69, 9.17) is 0 Å². The van der Waals surface area contributed by atoms with E-state index < -0.39 is 58.5 Å². The molecule has 0 aromatic carbocycles. The summed E-state index contributed by atoms with van der Waals surface area (Å²) < 4.78 is 103. The lowest BCUT2D eigenvalue weighted by Gasteiger charge is -2.28. The van der Waals surface area contributed by atoms with Crippen molar-refractivity contribution in [3.63, 3.8) is 0 Å². The Morgan fingerprint density at radius 1 is 0.828 bits per heavy atom. The molecule has 0 saturated carbocycles. The van der Waals surface area contributed by atoms with Gasteiger partial charge in [-0.2, -0.15) is 26.3 Å². The molecule has 0 heterocycles. The molecule has 178 valence electrons. The molecule has 0 aliphatic heterocycles. The number of rotatable bonds is 12. The van der Waals surface area contributed by atoms with Gasteiger partial charge < -0.3 is 16.9 Å². The molecule has 0 rings (SSSR count). The van der Waals surface area contributed by atoms with Crippen molar-refractivity contribution in [1.82, 2.24) is 0 Å². The zero-order valence-electron chi connectivity index (χ0n) is 17.8. The Morgan fingerprint density at radius 3 is 1.76 bits per heavy atom. The minimum Gasteiger partial charge on any atom is -1.00 e. The van der Waals surface area contributed by atoms with Gasteiger partial charge in [-0.1, -0.05) is 20.3 Å². The molecule has 0 aromatic rings. The number of halogens is 7. The highest BCUT2D eigenvalue weighted by molar-refractivity contribution is 7.91. The van der Waals surface area contributed by atoms with Crippen molar-refractivity contribution in [2.24, 2.45) is 11.3 Å². The van der Waals surface area contributed by atoms with Gasteiger partial charge in [0.1, 0.15) is 9.84 Å². The van der Waals surface area contributed by atoms with Gasteiger partial charge in [0.15, 0.2) is 0 Å². The monoisotopic (exact) mass is 477 g/mol. The number of alkyl halides is 6. The first kappa shape index (κ1) is 31.0. The van der Waals surface area contributed by atoms with E-state index in [1.165, 1.54) is 0 Å². The van der Waals surface area contributed by atoms with Crippen LogP contribution in [0.1, 0.15) is 52.4 Å². The highest BCUT2D eigenvalue weighted by Crippen LogP contribution is 2.42. The van der Waals surface area contributed by atoms with Gasteiger partial charge in [0.05, 0.1) is 50.5 Å². The first-order valence-corrected chi connectivity index (χ1v) is 11.2. The normalized spacial score (nSPS) is 15.1. The predicted octanol–water partition coefficient (Wildman–Crippen LogP) is 2.22. The SMILES string of the molecule is CC(C)(CCCC(CCS(=O)(=O)CCCC[N+](C)(C)C)C(F)(F)F)C(F)(F)F.[Cl-]. The standard InChI is InChI=1S/C18H34F6NO2S.ClH/c1-16(2,18(22,23)24)11-8-9-15(17(19,20)21)10-14-28(26,27)13-7-6-12-25(3,4)5;/h15H,6-14H2,1-5H3;1H/q+1;/p-1. The summed E-state index contributed by atoms with van der Waals surface area (Å²) in [6, 6.07) is 0. The van der Waals surface area contributed by atoms with Crippen LogP contribution in [0.15, 0.2) is 0 Å². The Morgan fingerprint density at radius 2 is 1.34 bits per heavy atom. The maximum absolute atomic E-state index is 13.2. The number of hydrogen-bond acceptors (Lipinski definition) is 2. The van der Waals surface area contributed by atoms with E-state index in [0.29, 0.717) is 17.3 Å². The van der Waals surface area contributed by atoms with Crippen LogP contribution in [0.25, 0.3) is 0 Å². The molecule has 0 saturated heterocycles. The fourth-order valence-corrected chi connectivity index (χ4v) is 4.23. The molecule has 0 fully saturated rings. The van der Waals surface area contributed by atoms with Gasteiger partial charge in [-0.05, 0) is 32.1 Å². The van der Waals surface area contributed by atoms with E-state index >= 15 is 0 Å². The van der Waals surface area contributed by atoms with E-state index in [0.717, 1.165) is 20.4 Å². The Balaban J connectivity index is 0. The minimum atomic E-state index is -4.62. The third-order valence-corrected chi connectivity index (χ3v) is 6.66. The summed E-state index contributed by atoms with van der Waals surface area (Å²) in [7, 11) is 2.26. The maximum Gasteiger partial charge on any atom is 0.393 e. The minimum absolute atomic E-state index is 0. The summed E-state index contributed by atoms with van der Waals surface area (Å²) in [5.74, 6) is -2.67. The third kappa shape index (κ3) is 13.6. The van der Waals surface area contributed by atoms with Crippen LogP contribution in [0.5, 0.6) is 0 Å². The summed E-state index contributed by atoms with van der Waals surface area (Å²) in [6.07, 6.45) is -9.88. The number of unbranched alkanes of at least 4 members (excludes halogenated alkanes) is 1. The third-order valence-electron chi connectivity index (χ3n) is 4.90. The van der Waals surface area contributed by atoms with Crippen molar-refractivity contribution in [2.45, 2.75) is 64.7 Å². The molecule has 0 aliphatic carbocycles. The van der Waals surface area contributed by atoms with Crippen LogP contribution < -0.4 is 12.4 Å². The molecule has 0 aliphatic rings. The number of nitrogens with zero attached hydrogens (tertiary/aromatic N) is 1. The van der Waals surface area contributed by atoms with E-state index in [9.17, 15) is 34.8 Å². The highest BCUT2D eigenvalue weighted by atomic mass is 35.5. The molecule has 11 heteroatoms. The molecule has 1 atom stereocenters. The molecule has 0 amide bonds. The van der Waals surface area contributed by atoms with Crippen molar-refractivity contribution >= 4 is 9.84 Å². The molecular formula is C18H34ClF6NO2S. The van der Waals surface area contributed by atoms with Gasteiger partial charge in [-0.25, -0.2) is 8.42 Å². The number of quaternary nitrogens is 1. The first-order chi connectivity index (χ1) is 12.3. The average molecular weight is 478 g/mol. The number of hydrogen-bond donors (Lipinski definition) is 0. The van der Waals surface area contributed by atoms with E-state index in [2.05, 4.69) is 0 Å². The van der Waals surface area contributed by atoms with Gasteiger partial charge in [-0.15, -0.1) is 0 Å². The van der Waals surface area contributed by atoms with Gasteiger partial charge in [0, 0.05) is 0 Å². The molecule has 0 N–H and O–H groups in total. The van der Waals surface area contributed by atoms with Gasteiger partial charge in [0.25, 0.3) is 0 Å². The van der Waals surface area contributed by atoms with Gasteiger partial charge in [0.2, 0.25) is 0 Å². The van der Waals surface area contributed by atoms with Crippen molar-refractivity contribution in [2.75, 3.05) is 39.2 Å². The second kappa shape index (κ2) is 11.4. The Hall–Kier alpha value is -0.220. The summed E-state index contributed by atoms with van der Waals surface area (Å²) in [5, 5.41) is 0. The van der Waals surface area contributed by atoms with E-state index in [1.807, 2.05) is 21.1 Å². The van der Waals surface area contributed by atoms with Crippen molar-refractivity contribution in [1.29, 1.82) is 0 Å². The zero-order valence-corrected chi connectivity index (χ0v) is 19.3. The fourth-order valence-electron chi connectivity index (χ4n) is 2.74. The second-order valence-corrected chi connectivity index (χ2v) is 11.5. The second-order valence-electron chi connectivity index (χ2n) is 9.17. The van der Waals surface area contributed by atoms with Gasteiger partial charge >= 0.3 is 12.4 Å². The summed E-state index contributed by atoms with van der Waals surface area (Å²) in [5.41, 5.74) is -2.07. The molecule has 0 spiro atoms. The van der Waals surface area contributed by atoms with Crippen LogP contribution in [-0.4, -0.2) is 64.4 Å². The molecule has 3 nitrogen and oxygen atoms in total. The zero-order chi connectivity index (χ0) is 22.4. The fraction of sp³-hybridized carbons (Fsp3) is 1.00. The molecule has 1 unspecified atom stereocenters. The smallest absolute Gasteiger partial charge is 0.393 e. The predicted molar refractivity (Wildman–Crippen MR) is 98.6 cm³/mol. The lowest BCUT2D eigenvalue weighted by Crippen LogP contribution is -3.00. The van der Waals surface area contributed by atoms with Crippen LogP contribution in [0.3, 0.4) is 0 Å². The topological polar surface area (TPSA) is 34.1 Å². The average Bonchev–Trinajstić information content (AvgIpc) is 2.43. The number of sulfone groups is 1. The van der Waals surface area contributed by atoms with Crippen LogP contribution in [0.2, 0.25) is 0 Å². The van der Waals surface area contributed by atoms with E-state index in [1.54, 1.807) is 0 Å². The van der Waals surface area contributed by atoms with Crippen molar-refractivity contribution in [3.8, 4) is 0 Å². The van der Waals surface area contributed by atoms with Crippen molar-refractivity contribution < 1.29 is 51.7 Å². The van der Waals surface area contributed by atoms with Crippen LogP contribution in [-0.2, 0) is 9.84 Å². The van der Waals surface area contributed by atoms with Crippen molar-refractivity contribution in [3.05, 3.63) is 0 Å². The Labute approximate surface area is 177 Å². The molecule has 29 heavy (non-hydrogen) atoms. The first-order valence-electron chi connectivity index (χ1n) is 9.41. The molecule has 0 aromatic heterocycles. The quantitative estimate of drug-likeness (QED) is 0.245. The molecule has 0 bridgehead atoms. The largest absolute Gasteiger partial charge is 1.00 e. The highest BCUT2D eigenvalue weighted by Gasteiger charge is 2.47. The van der Waals surface area contributed by atoms with Crippen LogP contribution in [0.4, 0.5) is 26.3 Å². The Kier molecular flexibility index (Phi) is 12.2. The van der Waals surface area contributed by atoms with Crippen LogP contribution >= 0.6 is 0 Å². The lowest BCUT2D eigenvalue weighted by atomic mass is 9.84. The molecule has 0 radical (unpaired) electrons. The molecular weight excluding hydrogens is 444 g/mol. The lowest BCUT2D eigenvalue weighted by molar-refractivity contribution is -0.870. The maximum atomic E-state index is 13.2. The summed E-state index contributed by atoms with van der Waals surface area (Å²) >= 11 is 0. The van der Waals surface area contributed by atoms with Crippen LogP contribution in [0, 0.1) is 11.3 Å².